The van der Waals surface area contributed by atoms with E-state index in [4.69, 9.17) is 0 Å². The summed E-state index contributed by atoms with van der Waals surface area (Å²) in [4.78, 5) is 3.72. The molecule has 0 spiro atoms. The number of aromatic nitrogens is 2. The van der Waals surface area contributed by atoms with Gasteiger partial charge in [0.2, 0.25) is 10.0 Å². The van der Waals surface area contributed by atoms with Gasteiger partial charge in [0.05, 0.1) is 0 Å². The Morgan fingerprint density at radius 1 is 1.35 bits per heavy atom. The molecule has 0 amide bonds. The van der Waals surface area contributed by atoms with Crippen molar-refractivity contribution in [2.45, 2.75) is 30.6 Å². The lowest BCUT2D eigenvalue weighted by Gasteiger charge is -2.28. The molecule has 0 N–H and O–H groups in total. The zero-order valence-electron chi connectivity index (χ0n) is 14.0. The number of para-hydroxylation sites is 1. The van der Waals surface area contributed by atoms with Crippen LogP contribution in [0.5, 0.6) is 5.75 Å². The molecule has 2 aromatic rings. The lowest BCUT2D eigenvalue weighted by molar-refractivity contribution is -0.275. The molecule has 2 heterocycles. The van der Waals surface area contributed by atoms with E-state index in [0.717, 1.165) is 35.1 Å². The van der Waals surface area contributed by atoms with Gasteiger partial charge in [0.1, 0.15) is 16.5 Å². The van der Waals surface area contributed by atoms with Crippen molar-refractivity contribution in [3.8, 4) is 5.75 Å². The van der Waals surface area contributed by atoms with Gasteiger partial charge in [-0.2, -0.15) is 0 Å². The summed E-state index contributed by atoms with van der Waals surface area (Å²) in [7, 11) is -2.76. The zero-order chi connectivity index (χ0) is 18.9. The Balaban J connectivity index is 1.78. The van der Waals surface area contributed by atoms with Crippen LogP contribution in [-0.4, -0.2) is 42.2 Å². The van der Waals surface area contributed by atoms with Crippen molar-refractivity contribution in [1.29, 1.82) is 0 Å². The minimum atomic E-state index is -4.97. The van der Waals surface area contributed by atoms with E-state index in [1.165, 1.54) is 19.2 Å². The Labute approximate surface area is 149 Å². The maximum absolute atomic E-state index is 12.8. The van der Waals surface area contributed by atoms with Crippen LogP contribution in [0.4, 0.5) is 13.2 Å². The maximum Gasteiger partial charge on any atom is 0.573 e. The molecular weight excluding hydrogens is 371 g/mol. The topological polar surface area (TPSA) is 64.4 Å². The molecule has 0 saturated heterocycles. The quantitative estimate of drug-likeness (QED) is 0.789. The second-order valence-electron chi connectivity index (χ2n) is 6.18. The molecule has 1 unspecified atom stereocenters. The standard InChI is InChI=1S/C16H18F3N3O3S/c1-21(10-12-6-7-15-20-8-9-22(15)11-12)26(23,24)14-5-3-2-4-13(14)25-16(17,18)19/h2-5,8-9,12H,6-7,10-11H2,1H3. The van der Waals surface area contributed by atoms with Crippen LogP contribution in [0.25, 0.3) is 0 Å². The van der Waals surface area contributed by atoms with Gasteiger partial charge in [-0.15, -0.1) is 13.2 Å². The van der Waals surface area contributed by atoms with Gasteiger partial charge in [-0.1, -0.05) is 12.1 Å². The van der Waals surface area contributed by atoms with Gasteiger partial charge in [0.25, 0.3) is 0 Å². The Morgan fingerprint density at radius 3 is 2.81 bits per heavy atom. The number of halogens is 3. The van der Waals surface area contributed by atoms with Crippen LogP contribution in [0.2, 0.25) is 0 Å². The highest BCUT2D eigenvalue weighted by Crippen LogP contribution is 2.31. The summed E-state index contributed by atoms with van der Waals surface area (Å²) < 4.78 is 70.1. The lowest BCUT2D eigenvalue weighted by Crippen LogP contribution is -2.35. The summed E-state index contributed by atoms with van der Waals surface area (Å²) in [5.41, 5.74) is 0. The second-order valence-corrected chi connectivity index (χ2v) is 8.19. The molecule has 1 aliphatic rings. The van der Waals surface area contributed by atoms with E-state index < -0.39 is 27.0 Å². The van der Waals surface area contributed by atoms with Crippen molar-refractivity contribution >= 4 is 10.0 Å². The third-order valence-corrected chi connectivity index (χ3v) is 6.17. The number of imidazole rings is 1. The fourth-order valence-corrected chi connectivity index (χ4v) is 4.45. The summed E-state index contributed by atoms with van der Waals surface area (Å²) in [6.45, 7) is 0.816. The number of hydrogen-bond acceptors (Lipinski definition) is 4. The van der Waals surface area contributed by atoms with Crippen molar-refractivity contribution in [3.63, 3.8) is 0 Å². The van der Waals surface area contributed by atoms with E-state index in [-0.39, 0.29) is 12.5 Å². The largest absolute Gasteiger partial charge is 0.573 e. The SMILES string of the molecule is CN(CC1CCc2nccn2C1)S(=O)(=O)c1ccccc1OC(F)(F)F. The van der Waals surface area contributed by atoms with E-state index >= 15 is 0 Å². The van der Waals surface area contributed by atoms with Gasteiger partial charge in [0, 0.05) is 39.0 Å². The van der Waals surface area contributed by atoms with Crippen LogP contribution in [-0.2, 0) is 23.0 Å². The molecule has 0 radical (unpaired) electrons. The highest BCUT2D eigenvalue weighted by Gasteiger charge is 2.35. The fraction of sp³-hybridized carbons (Fsp3) is 0.438. The van der Waals surface area contributed by atoms with Gasteiger partial charge in [-0.25, -0.2) is 17.7 Å². The summed E-state index contributed by atoms with van der Waals surface area (Å²) in [5, 5.41) is 0. The van der Waals surface area contributed by atoms with Gasteiger partial charge in [0.15, 0.2) is 0 Å². The predicted molar refractivity (Wildman–Crippen MR) is 87.0 cm³/mol. The number of hydrogen-bond donors (Lipinski definition) is 0. The van der Waals surface area contributed by atoms with Crippen LogP contribution in [0, 0.1) is 5.92 Å². The normalized spacial score (nSPS) is 18.0. The fourth-order valence-electron chi connectivity index (χ4n) is 3.09. The van der Waals surface area contributed by atoms with Crippen molar-refractivity contribution < 1.29 is 26.3 Å². The number of aryl methyl sites for hydroxylation is 1. The van der Waals surface area contributed by atoms with E-state index in [1.807, 2.05) is 10.8 Å². The molecule has 0 fully saturated rings. The average Bonchev–Trinajstić information content (AvgIpc) is 3.01. The minimum absolute atomic E-state index is 0.0483. The van der Waals surface area contributed by atoms with Crippen molar-refractivity contribution in [2.75, 3.05) is 13.6 Å². The van der Waals surface area contributed by atoms with Gasteiger partial charge in [-0.05, 0) is 24.5 Å². The van der Waals surface area contributed by atoms with Crippen molar-refractivity contribution in [3.05, 3.63) is 42.5 Å². The molecule has 1 aromatic carbocycles. The first-order valence-electron chi connectivity index (χ1n) is 7.98. The summed E-state index contributed by atoms with van der Waals surface area (Å²) >= 11 is 0. The molecule has 3 rings (SSSR count). The zero-order valence-corrected chi connectivity index (χ0v) is 14.8. The van der Waals surface area contributed by atoms with Crippen molar-refractivity contribution in [1.82, 2.24) is 13.9 Å². The molecule has 1 atom stereocenters. The monoisotopic (exact) mass is 389 g/mol. The molecule has 6 nitrogen and oxygen atoms in total. The highest BCUT2D eigenvalue weighted by atomic mass is 32.2. The van der Waals surface area contributed by atoms with Crippen molar-refractivity contribution in [2.24, 2.45) is 5.92 Å². The molecule has 1 aliphatic heterocycles. The summed E-state index contributed by atoms with van der Waals surface area (Å²) in [6, 6.07) is 4.76. The summed E-state index contributed by atoms with van der Waals surface area (Å²) in [6.07, 6.45) is 0.0631. The highest BCUT2D eigenvalue weighted by molar-refractivity contribution is 7.89. The Bertz CT molecular complexity index is 880. The Morgan fingerprint density at radius 2 is 2.08 bits per heavy atom. The van der Waals surface area contributed by atoms with E-state index in [9.17, 15) is 21.6 Å². The number of fused-ring (bicyclic) bond motifs is 1. The van der Waals surface area contributed by atoms with E-state index in [0.29, 0.717) is 6.54 Å². The molecular formula is C16H18F3N3O3S. The van der Waals surface area contributed by atoms with Crippen LogP contribution < -0.4 is 4.74 Å². The first kappa shape index (κ1) is 18.7. The molecule has 0 bridgehead atoms. The molecule has 0 saturated carbocycles. The van der Waals surface area contributed by atoms with Gasteiger partial charge in [-0.3, -0.25) is 0 Å². The minimum Gasteiger partial charge on any atom is -0.404 e. The van der Waals surface area contributed by atoms with Crippen LogP contribution in [0.15, 0.2) is 41.6 Å². The first-order valence-corrected chi connectivity index (χ1v) is 9.42. The maximum atomic E-state index is 12.8. The molecule has 10 heteroatoms. The van der Waals surface area contributed by atoms with Gasteiger partial charge < -0.3 is 9.30 Å². The Kier molecular flexibility index (Phi) is 4.98. The molecule has 26 heavy (non-hydrogen) atoms. The smallest absolute Gasteiger partial charge is 0.404 e. The second kappa shape index (κ2) is 6.92. The molecule has 0 aliphatic carbocycles. The number of nitrogens with zero attached hydrogens (tertiary/aromatic N) is 3. The number of sulfonamides is 1. The predicted octanol–water partition coefficient (Wildman–Crippen LogP) is 2.66. The van der Waals surface area contributed by atoms with Crippen LogP contribution in [0.1, 0.15) is 12.2 Å². The summed E-state index contributed by atoms with van der Waals surface area (Å²) in [5.74, 6) is 0.273. The third-order valence-electron chi connectivity index (χ3n) is 4.31. The third kappa shape index (κ3) is 4.01. The van der Waals surface area contributed by atoms with E-state index in [2.05, 4.69) is 9.72 Å². The van der Waals surface area contributed by atoms with E-state index in [1.54, 1.807) is 6.20 Å². The Hall–Kier alpha value is -2.07. The van der Waals surface area contributed by atoms with Crippen LogP contribution >= 0.6 is 0 Å². The average molecular weight is 389 g/mol. The molecule has 1 aromatic heterocycles. The lowest BCUT2D eigenvalue weighted by atomic mass is 10.00. The molecule has 142 valence electrons. The number of benzene rings is 1. The number of alkyl halides is 3. The van der Waals surface area contributed by atoms with Gasteiger partial charge >= 0.3 is 6.36 Å². The van der Waals surface area contributed by atoms with Crippen LogP contribution in [0.3, 0.4) is 0 Å². The number of rotatable bonds is 5. The number of ether oxygens (including phenoxy) is 1. The first-order chi connectivity index (χ1) is 12.2.